The maximum Gasteiger partial charge on any atom is 0.278 e. The average Bonchev–Trinajstić information content (AvgIpc) is 3.31. The van der Waals surface area contributed by atoms with E-state index < -0.39 is 34.4 Å². The standard InChI is InChI=1S/C23H23F2N5O4S/c1-3-30-23(6-8-34-9-7-23)28(2)22(33)18-20(32)19(31)15(12-29(18)30)21-27-26-17(35-21)10-13-4-5-14(24)11-16(13)25/h4-5,11-12,32H,3,6-10H2,1-2H3. The molecule has 184 valence electrons. The number of ether oxygens (including phenoxy) is 1. The normalized spacial score (nSPS) is 17.2. The smallest absolute Gasteiger partial charge is 0.278 e. The van der Waals surface area contributed by atoms with Crippen molar-refractivity contribution in [1.29, 1.82) is 0 Å². The van der Waals surface area contributed by atoms with Gasteiger partial charge in [0.1, 0.15) is 22.3 Å². The van der Waals surface area contributed by atoms with Gasteiger partial charge in [0.05, 0.1) is 18.8 Å². The number of carbonyl (C=O) groups is 1. The molecule has 1 aromatic carbocycles. The molecule has 2 aromatic heterocycles. The van der Waals surface area contributed by atoms with Gasteiger partial charge in [0.25, 0.3) is 5.91 Å². The predicted molar refractivity (Wildman–Crippen MR) is 124 cm³/mol. The molecule has 9 nitrogen and oxygen atoms in total. The van der Waals surface area contributed by atoms with Crippen LogP contribution in [0.3, 0.4) is 0 Å². The SMILES string of the molecule is CCN1n2cc(-c3nnc(Cc4ccc(F)cc4F)s3)c(=O)c(O)c2C(=O)N(C)C12CCOCC2. The van der Waals surface area contributed by atoms with Crippen molar-refractivity contribution in [2.75, 3.05) is 31.8 Å². The minimum atomic E-state index is -0.743. The van der Waals surface area contributed by atoms with E-state index in [0.29, 0.717) is 37.6 Å². The number of aromatic hydroxyl groups is 1. The fourth-order valence-electron chi connectivity index (χ4n) is 4.85. The van der Waals surface area contributed by atoms with Gasteiger partial charge in [-0.2, -0.15) is 0 Å². The molecule has 12 heteroatoms. The molecule has 0 aliphatic carbocycles. The fourth-order valence-corrected chi connectivity index (χ4v) is 5.72. The van der Waals surface area contributed by atoms with Gasteiger partial charge in [-0.3, -0.25) is 19.3 Å². The van der Waals surface area contributed by atoms with Crippen LogP contribution < -0.4 is 10.4 Å². The lowest BCUT2D eigenvalue weighted by molar-refractivity contribution is -0.0305. The Morgan fingerprint density at radius 2 is 1.94 bits per heavy atom. The Morgan fingerprint density at radius 1 is 1.20 bits per heavy atom. The third-order valence-corrected chi connectivity index (χ3v) is 7.64. The zero-order chi connectivity index (χ0) is 24.9. The molecule has 0 atom stereocenters. The molecule has 0 saturated carbocycles. The number of hydrogen-bond donors (Lipinski definition) is 1. The number of benzene rings is 1. The molecule has 35 heavy (non-hydrogen) atoms. The summed E-state index contributed by atoms with van der Waals surface area (Å²) in [7, 11) is 1.67. The van der Waals surface area contributed by atoms with Gasteiger partial charge in [0, 0.05) is 45.1 Å². The molecule has 0 bridgehead atoms. The van der Waals surface area contributed by atoms with E-state index in [1.54, 1.807) is 16.6 Å². The molecular formula is C23H23F2N5O4S. The number of rotatable bonds is 4. The highest BCUT2D eigenvalue weighted by atomic mass is 32.1. The third-order valence-electron chi connectivity index (χ3n) is 6.68. The van der Waals surface area contributed by atoms with E-state index in [9.17, 15) is 23.5 Å². The third kappa shape index (κ3) is 3.67. The molecule has 1 fully saturated rings. The van der Waals surface area contributed by atoms with E-state index in [1.807, 2.05) is 11.9 Å². The van der Waals surface area contributed by atoms with E-state index in [0.717, 1.165) is 23.5 Å². The van der Waals surface area contributed by atoms with Crippen LogP contribution in [-0.4, -0.2) is 63.3 Å². The van der Waals surface area contributed by atoms with Crippen molar-refractivity contribution < 1.29 is 23.4 Å². The molecule has 1 N–H and O–H groups in total. The van der Waals surface area contributed by atoms with Crippen LogP contribution in [0, 0.1) is 11.6 Å². The van der Waals surface area contributed by atoms with Crippen LogP contribution in [-0.2, 0) is 11.2 Å². The summed E-state index contributed by atoms with van der Waals surface area (Å²) in [4.78, 5) is 27.9. The van der Waals surface area contributed by atoms with E-state index in [4.69, 9.17) is 4.74 Å². The molecule has 2 aliphatic heterocycles. The molecule has 1 saturated heterocycles. The Balaban J connectivity index is 1.58. The summed E-state index contributed by atoms with van der Waals surface area (Å²) < 4.78 is 34.4. The van der Waals surface area contributed by atoms with Crippen molar-refractivity contribution in [3.05, 3.63) is 62.5 Å². The number of carbonyl (C=O) groups excluding carboxylic acids is 1. The van der Waals surface area contributed by atoms with E-state index >= 15 is 0 Å². The van der Waals surface area contributed by atoms with Crippen molar-refractivity contribution in [3.63, 3.8) is 0 Å². The molecule has 0 radical (unpaired) electrons. The molecule has 2 aliphatic rings. The van der Waals surface area contributed by atoms with Crippen molar-refractivity contribution >= 4 is 17.2 Å². The molecule has 5 rings (SSSR count). The van der Waals surface area contributed by atoms with Crippen LogP contribution in [0.15, 0.2) is 29.2 Å². The number of hydrogen-bond acceptors (Lipinski definition) is 8. The minimum Gasteiger partial charge on any atom is -0.502 e. The van der Waals surface area contributed by atoms with E-state index in [-0.39, 0.29) is 28.2 Å². The van der Waals surface area contributed by atoms with Gasteiger partial charge in [-0.1, -0.05) is 17.4 Å². The molecule has 3 aromatic rings. The zero-order valence-corrected chi connectivity index (χ0v) is 19.9. The van der Waals surface area contributed by atoms with E-state index in [2.05, 4.69) is 10.2 Å². The first kappa shape index (κ1) is 23.4. The van der Waals surface area contributed by atoms with Gasteiger partial charge in [-0.15, -0.1) is 10.2 Å². The molecule has 4 heterocycles. The highest BCUT2D eigenvalue weighted by Gasteiger charge is 2.50. The Labute approximate surface area is 203 Å². The topological polar surface area (TPSA) is 101 Å². The number of aromatic nitrogens is 3. The number of nitrogens with zero attached hydrogens (tertiary/aromatic N) is 5. The van der Waals surface area contributed by atoms with Crippen LogP contribution in [0.1, 0.15) is 40.8 Å². The van der Waals surface area contributed by atoms with Crippen LogP contribution in [0.2, 0.25) is 0 Å². The minimum absolute atomic E-state index is 0.0650. The number of halogens is 2. The van der Waals surface area contributed by atoms with Crippen molar-refractivity contribution in [1.82, 2.24) is 19.8 Å². The lowest BCUT2D eigenvalue weighted by Crippen LogP contribution is -2.70. The average molecular weight is 504 g/mol. The van der Waals surface area contributed by atoms with Crippen molar-refractivity contribution in [2.24, 2.45) is 0 Å². The van der Waals surface area contributed by atoms with E-state index in [1.165, 1.54) is 12.3 Å². The summed E-state index contributed by atoms with van der Waals surface area (Å²) in [5.74, 6) is -2.50. The highest BCUT2D eigenvalue weighted by Crippen LogP contribution is 2.37. The summed E-state index contributed by atoms with van der Waals surface area (Å²) in [6.45, 7) is 3.38. The van der Waals surface area contributed by atoms with Gasteiger partial charge >= 0.3 is 0 Å². The van der Waals surface area contributed by atoms with Gasteiger partial charge in [-0.05, 0) is 18.6 Å². The first-order valence-corrected chi connectivity index (χ1v) is 12.0. The Kier molecular flexibility index (Phi) is 5.80. The van der Waals surface area contributed by atoms with Crippen LogP contribution in [0.4, 0.5) is 8.78 Å². The Bertz CT molecular complexity index is 1370. The van der Waals surface area contributed by atoms with Crippen molar-refractivity contribution in [3.8, 4) is 16.3 Å². The van der Waals surface area contributed by atoms with Crippen LogP contribution in [0.25, 0.3) is 10.6 Å². The first-order chi connectivity index (χ1) is 16.8. The Morgan fingerprint density at radius 3 is 2.63 bits per heavy atom. The Hall–Kier alpha value is -3.38. The lowest BCUT2D eigenvalue weighted by atomic mass is 9.95. The molecular weight excluding hydrogens is 480 g/mol. The quantitative estimate of drug-likeness (QED) is 0.584. The highest BCUT2D eigenvalue weighted by molar-refractivity contribution is 7.14. The number of fused-ring (bicyclic) bond motifs is 1. The van der Waals surface area contributed by atoms with Gasteiger partial charge < -0.3 is 14.7 Å². The summed E-state index contributed by atoms with van der Waals surface area (Å²) >= 11 is 1.06. The van der Waals surface area contributed by atoms with Gasteiger partial charge in [0.2, 0.25) is 5.43 Å². The number of pyridine rings is 1. The number of amides is 1. The monoisotopic (exact) mass is 503 g/mol. The van der Waals surface area contributed by atoms with Crippen molar-refractivity contribution in [2.45, 2.75) is 31.8 Å². The second-order valence-corrected chi connectivity index (χ2v) is 9.56. The maximum atomic E-state index is 14.1. The van der Waals surface area contributed by atoms with Crippen LogP contribution >= 0.6 is 11.3 Å². The summed E-state index contributed by atoms with van der Waals surface area (Å²) in [5, 5.41) is 21.5. The lowest BCUT2D eigenvalue weighted by Gasteiger charge is -2.55. The summed E-state index contributed by atoms with van der Waals surface area (Å²) in [6.07, 6.45) is 2.70. The zero-order valence-electron chi connectivity index (χ0n) is 19.1. The van der Waals surface area contributed by atoms with Crippen LogP contribution in [0.5, 0.6) is 5.75 Å². The maximum absolute atomic E-state index is 14.1. The summed E-state index contributed by atoms with van der Waals surface area (Å²) in [6, 6.07) is 3.29. The van der Waals surface area contributed by atoms with Gasteiger partial charge in [-0.25, -0.2) is 8.78 Å². The molecule has 1 amide bonds. The summed E-state index contributed by atoms with van der Waals surface area (Å²) in [5.41, 5.74) is -1.20. The molecule has 1 spiro atoms. The fraction of sp³-hybridized carbons (Fsp3) is 0.391. The second-order valence-electron chi connectivity index (χ2n) is 8.50. The van der Waals surface area contributed by atoms with Gasteiger partial charge in [0.15, 0.2) is 16.5 Å². The largest absolute Gasteiger partial charge is 0.502 e. The molecule has 0 unspecified atom stereocenters. The first-order valence-electron chi connectivity index (χ1n) is 11.2. The second kappa shape index (κ2) is 8.68. The predicted octanol–water partition coefficient (Wildman–Crippen LogP) is 2.49.